The van der Waals surface area contributed by atoms with Crippen molar-refractivity contribution in [2.75, 3.05) is 7.11 Å². The zero-order valence-electron chi connectivity index (χ0n) is 12.9. The smallest absolute Gasteiger partial charge is 0.258 e. The lowest BCUT2D eigenvalue weighted by molar-refractivity contribution is 0.414. The first-order valence-electron chi connectivity index (χ1n) is 7.24. The van der Waals surface area contributed by atoms with Gasteiger partial charge in [-0.3, -0.25) is 4.79 Å². The highest BCUT2D eigenvalue weighted by atomic mass is 16.5. The SMILES string of the molecule is COc1ccc(-n2c(O)c(C#N)c(-c3ccccc3)cc2=O)cc1. The Morgan fingerprint density at radius 3 is 2.33 bits per heavy atom. The van der Waals surface area contributed by atoms with Gasteiger partial charge in [0.1, 0.15) is 17.4 Å². The van der Waals surface area contributed by atoms with Crippen LogP contribution in [0.2, 0.25) is 0 Å². The minimum atomic E-state index is -0.421. The van der Waals surface area contributed by atoms with Crippen LogP contribution in [0.3, 0.4) is 0 Å². The third-order valence-corrected chi connectivity index (χ3v) is 3.72. The van der Waals surface area contributed by atoms with Gasteiger partial charge >= 0.3 is 0 Å². The molecular formula is C19H14N2O3. The van der Waals surface area contributed by atoms with Gasteiger partial charge in [-0.1, -0.05) is 30.3 Å². The normalized spacial score (nSPS) is 10.2. The standard InChI is InChI=1S/C19H14N2O3/c1-24-15-9-7-14(8-10-15)21-18(22)11-16(17(12-20)19(21)23)13-5-3-2-4-6-13/h2-11,23H,1H3. The Labute approximate surface area is 138 Å². The van der Waals surface area contributed by atoms with Gasteiger partial charge in [-0.15, -0.1) is 0 Å². The number of aromatic nitrogens is 1. The number of rotatable bonds is 3. The van der Waals surface area contributed by atoms with Gasteiger partial charge in [-0.25, -0.2) is 4.57 Å². The van der Waals surface area contributed by atoms with E-state index in [-0.39, 0.29) is 11.4 Å². The molecule has 0 atom stereocenters. The largest absolute Gasteiger partial charge is 0.497 e. The molecule has 0 amide bonds. The molecule has 3 rings (SSSR count). The molecule has 0 saturated carbocycles. The van der Waals surface area contributed by atoms with E-state index >= 15 is 0 Å². The van der Waals surface area contributed by atoms with Crippen LogP contribution in [0.5, 0.6) is 11.6 Å². The lowest BCUT2D eigenvalue weighted by Gasteiger charge is -2.13. The molecule has 0 unspecified atom stereocenters. The van der Waals surface area contributed by atoms with Crippen LogP contribution in [0.4, 0.5) is 0 Å². The molecule has 0 bridgehead atoms. The van der Waals surface area contributed by atoms with Crippen molar-refractivity contribution >= 4 is 0 Å². The molecular weight excluding hydrogens is 304 g/mol. The number of aromatic hydroxyl groups is 1. The zero-order valence-corrected chi connectivity index (χ0v) is 12.9. The highest BCUT2D eigenvalue weighted by molar-refractivity contribution is 5.73. The summed E-state index contributed by atoms with van der Waals surface area (Å²) in [5.74, 6) is 0.252. The number of methoxy groups -OCH3 is 1. The summed E-state index contributed by atoms with van der Waals surface area (Å²) >= 11 is 0. The molecule has 118 valence electrons. The van der Waals surface area contributed by atoms with Crippen molar-refractivity contribution in [3.05, 3.63) is 76.6 Å². The maximum absolute atomic E-state index is 12.5. The first-order chi connectivity index (χ1) is 11.7. The van der Waals surface area contributed by atoms with Gasteiger partial charge in [0.2, 0.25) is 5.88 Å². The molecule has 1 N–H and O–H groups in total. The van der Waals surface area contributed by atoms with Gasteiger partial charge in [-0.05, 0) is 29.8 Å². The summed E-state index contributed by atoms with van der Waals surface area (Å²) in [5, 5.41) is 20.0. The van der Waals surface area contributed by atoms with E-state index in [9.17, 15) is 15.2 Å². The molecule has 2 aromatic carbocycles. The second-order valence-corrected chi connectivity index (χ2v) is 5.11. The van der Waals surface area contributed by atoms with E-state index in [0.29, 0.717) is 22.6 Å². The number of benzene rings is 2. The maximum Gasteiger partial charge on any atom is 0.258 e. The summed E-state index contributed by atoms with van der Waals surface area (Å²) in [4.78, 5) is 12.5. The van der Waals surface area contributed by atoms with Crippen LogP contribution in [0.15, 0.2) is 65.5 Å². The number of nitrogens with zero attached hydrogens (tertiary/aromatic N) is 2. The van der Waals surface area contributed by atoms with Crippen molar-refractivity contribution in [3.8, 4) is 34.5 Å². The minimum Gasteiger partial charge on any atom is -0.497 e. The van der Waals surface area contributed by atoms with Crippen molar-refractivity contribution in [1.29, 1.82) is 5.26 Å². The zero-order chi connectivity index (χ0) is 17.1. The van der Waals surface area contributed by atoms with E-state index in [1.165, 1.54) is 6.07 Å². The summed E-state index contributed by atoms with van der Waals surface area (Å²) in [6.45, 7) is 0. The predicted octanol–water partition coefficient (Wildman–Crippen LogP) is 3.09. The summed E-state index contributed by atoms with van der Waals surface area (Å²) in [5.41, 5.74) is 1.19. The Morgan fingerprint density at radius 2 is 1.75 bits per heavy atom. The van der Waals surface area contributed by atoms with Gasteiger partial charge in [0.25, 0.3) is 5.56 Å². The highest BCUT2D eigenvalue weighted by Crippen LogP contribution is 2.29. The van der Waals surface area contributed by atoms with Crippen LogP contribution in [0, 0.1) is 11.3 Å². The van der Waals surface area contributed by atoms with Crippen molar-refractivity contribution in [2.45, 2.75) is 0 Å². The van der Waals surface area contributed by atoms with E-state index in [1.807, 2.05) is 24.3 Å². The number of nitriles is 1. The second kappa shape index (κ2) is 6.31. The Balaban J connectivity index is 2.23. The molecule has 3 aromatic rings. The van der Waals surface area contributed by atoms with Gasteiger partial charge in [-0.2, -0.15) is 5.26 Å². The summed E-state index contributed by atoms with van der Waals surface area (Å²) in [6.07, 6.45) is 0. The third-order valence-electron chi connectivity index (χ3n) is 3.72. The molecule has 1 heterocycles. The first-order valence-corrected chi connectivity index (χ1v) is 7.24. The minimum absolute atomic E-state index is 0.0524. The van der Waals surface area contributed by atoms with Crippen molar-refractivity contribution in [3.63, 3.8) is 0 Å². The summed E-state index contributed by atoms with van der Waals surface area (Å²) < 4.78 is 6.19. The first kappa shape index (κ1) is 15.4. The molecule has 24 heavy (non-hydrogen) atoms. The van der Waals surface area contributed by atoms with Gasteiger partial charge < -0.3 is 9.84 Å². The van der Waals surface area contributed by atoms with Gasteiger partial charge in [0, 0.05) is 11.6 Å². The Kier molecular flexibility index (Phi) is 4.04. The van der Waals surface area contributed by atoms with E-state index in [0.717, 1.165) is 4.57 Å². The van der Waals surface area contributed by atoms with Crippen LogP contribution in [-0.4, -0.2) is 16.8 Å². The van der Waals surface area contributed by atoms with E-state index < -0.39 is 5.56 Å². The van der Waals surface area contributed by atoms with Crippen LogP contribution in [0.25, 0.3) is 16.8 Å². The predicted molar refractivity (Wildman–Crippen MR) is 90.4 cm³/mol. The average Bonchev–Trinajstić information content (AvgIpc) is 2.62. The molecule has 5 nitrogen and oxygen atoms in total. The molecule has 0 fully saturated rings. The second-order valence-electron chi connectivity index (χ2n) is 5.11. The number of hydrogen-bond acceptors (Lipinski definition) is 4. The average molecular weight is 318 g/mol. The van der Waals surface area contributed by atoms with E-state index in [2.05, 4.69) is 0 Å². The Morgan fingerprint density at radius 1 is 1.08 bits per heavy atom. The van der Waals surface area contributed by atoms with Crippen LogP contribution in [-0.2, 0) is 0 Å². The third kappa shape index (κ3) is 2.61. The number of ether oxygens (including phenoxy) is 1. The van der Waals surface area contributed by atoms with Crippen molar-refractivity contribution < 1.29 is 9.84 Å². The maximum atomic E-state index is 12.5. The van der Waals surface area contributed by atoms with E-state index in [4.69, 9.17) is 4.74 Å². The van der Waals surface area contributed by atoms with Crippen LogP contribution >= 0.6 is 0 Å². The quantitative estimate of drug-likeness (QED) is 0.805. The molecule has 5 heteroatoms. The molecule has 0 aliphatic rings. The fourth-order valence-corrected chi connectivity index (χ4v) is 2.53. The summed E-state index contributed by atoms with van der Waals surface area (Å²) in [6, 6.07) is 19.0. The topological polar surface area (TPSA) is 75.2 Å². The fourth-order valence-electron chi connectivity index (χ4n) is 2.53. The van der Waals surface area contributed by atoms with Crippen LogP contribution in [0.1, 0.15) is 5.56 Å². The Hall–Kier alpha value is -3.52. The van der Waals surface area contributed by atoms with Crippen LogP contribution < -0.4 is 10.3 Å². The lowest BCUT2D eigenvalue weighted by Crippen LogP contribution is -2.18. The van der Waals surface area contributed by atoms with E-state index in [1.54, 1.807) is 43.5 Å². The molecule has 0 spiro atoms. The Bertz CT molecular complexity index is 968. The van der Waals surface area contributed by atoms with Gasteiger partial charge in [0.05, 0.1) is 12.8 Å². The number of hydrogen-bond donors (Lipinski definition) is 1. The van der Waals surface area contributed by atoms with Gasteiger partial charge in [0.15, 0.2) is 0 Å². The fraction of sp³-hybridized carbons (Fsp3) is 0.0526. The molecule has 0 radical (unpaired) electrons. The molecule has 1 aromatic heterocycles. The van der Waals surface area contributed by atoms with Crippen molar-refractivity contribution in [2.24, 2.45) is 0 Å². The summed E-state index contributed by atoms with van der Waals surface area (Å²) in [7, 11) is 1.54. The highest BCUT2D eigenvalue weighted by Gasteiger charge is 2.17. The lowest BCUT2D eigenvalue weighted by atomic mass is 10.0. The molecule has 0 aliphatic heterocycles. The monoisotopic (exact) mass is 318 g/mol. The van der Waals surface area contributed by atoms with Crippen molar-refractivity contribution in [1.82, 2.24) is 4.57 Å². The molecule has 0 aliphatic carbocycles. The number of pyridine rings is 1. The molecule has 0 saturated heterocycles.